The van der Waals surface area contributed by atoms with Gasteiger partial charge in [0.1, 0.15) is 5.82 Å². The zero-order chi connectivity index (χ0) is 11.6. The van der Waals surface area contributed by atoms with Crippen molar-refractivity contribution in [3.63, 3.8) is 0 Å². The summed E-state index contributed by atoms with van der Waals surface area (Å²) >= 11 is 0. The molecule has 1 aromatic heterocycles. The van der Waals surface area contributed by atoms with E-state index in [1.165, 1.54) is 25.1 Å². The van der Waals surface area contributed by atoms with Gasteiger partial charge in [-0.3, -0.25) is 0 Å². The second-order valence-corrected chi connectivity index (χ2v) is 6.30. The summed E-state index contributed by atoms with van der Waals surface area (Å²) in [6.45, 7) is 2.25. The minimum absolute atomic E-state index is 0.394. The van der Waals surface area contributed by atoms with Crippen LogP contribution in [-0.2, 0) is 7.05 Å². The maximum absolute atomic E-state index is 4.44. The smallest absolute Gasteiger partial charge is 0.125 e. The molecule has 0 spiro atoms. The molecule has 0 aromatic carbocycles. The summed E-state index contributed by atoms with van der Waals surface area (Å²) in [5, 5.41) is 3.82. The highest BCUT2D eigenvalue weighted by molar-refractivity contribution is 5.18. The molecule has 0 amide bonds. The summed E-state index contributed by atoms with van der Waals surface area (Å²) in [6, 6.07) is 1.19. The van der Waals surface area contributed by atoms with Crippen LogP contribution >= 0.6 is 0 Å². The summed E-state index contributed by atoms with van der Waals surface area (Å²) < 4.78 is 2.13. The molecule has 0 aliphatic heterocycles. The zero-order valence-electron chi connectivity index (χ0n) is 10.6. The molecule has 2 bridgehead atoms. The Kier molecular flexibility index (Phi) is 1.99. The molecule has 1 heterocycles. The first-order chi connectivity index (χ1) is 8.25. The largest absolute Gasteiger partial charge is 0.337 e. The van der Waals surface area contributed by atoms with Crippen molar-refractivity contribution in [3.05, 3.63) is 18.2 Å². The van der Waals surface area contributed by atoms with Crippen LogP contribution < -0.4 is 5.32 Å². The average molecular weight is 231 g/mol. The van der Waals surface area contributed by atoms with Crippen LogP contribution in [0.25, 0.3) is 0 Å². The van der Waals surface area contributed by atoms with Crippen molar-refractivity contribution in [1.29, 1.82) is 0 Å². The number of hydrogen-bond acceptors (Lipinski definition) is 2. The molecule has 3 heteroatoms. The molecule has 0 saturated heterocycles. The normalized spacial score (nSPS) is 43.8. The van der Waals surface area contributed by atoms with Crippen molar-refractivity contribution in [2.24, 2.45) is 30.7 Å². The lowest BCUT2D eigenvalue weighted by Crippen LogP contribution is -2.27. The third kappa shape index (κ3) is 1.35. The van der Waals surface area contributed by atoms with Gasteiger partial charge in [0.05, 0.1) is 6.04 Å². The Bertz CT molecular complexity index is 422. The molecule has 5 unspecified atom stereocenters. The molecule has 3 nitrogen and oxygen atoms in total. The SMILES string of the molecule is CC(NC1C2C3CCC(C3)C12)c1nccn1C. The molecule has 5 atom stereocenters. The average Bonchev–Trinajstić information content (AvgIpc) is 2.76. The van der Waals surface area contributed by atoms with Crippen LogP contribution in [-0.4, -0.2) is 15.6 Å². The van der Waals surface area contributed by atoms with E-state index in [9.17, 15) is 0 Å². The predicted molar refractivity (Wildman–Crippen MR) is 66.4 cm³/mol. The Hall–Kier alpha value is -0.830. The van der Waals surface area contributed by atoms with E-state index >= 15 is 0 Å². The summed E-state index contributed by atoms with van der Waals surface area (Å²) in [4.78, 5) is 4.44. The zero-order valence-corrected chi connectivity index (χ0v) is 10.6. The first-order valence-electron chi connectivity index (χ1n) is 6.99. The van der Waals surface area contributed by atoms with Crippen LogP contribution in [0.5, 0.6) is 0 Å². The second kappa shape index (κ2) is 3.35. The molecule has 3 aliphatic carbocycles. The highest BCUT2D eigenvalue weighted by Gasteiger charge is 2.64. The summed E-state index contributed by atoms with van der Waals surface area (Å²) in [5.41, 5.74) is 0. The third-order valence-corrected chi connectivity index (χ3v) is 5.42. The lowest BCUT2D eigenvalue weighted by molar-refractivity contribution is 0.422. The van der Waals surface area contributed by atoms with Crippen LogP contribution in [0.3, 0.4) is 0 Å². The lowest BCUT2D eigenvalue weighted by atomic mass is 10.0. The highest BCUT2D eigenvalue weighted by Crippen LogP contribution is 2.65. The third-order valence-electron chi connectivity index (χ3n) is 5.42. The molecule has 1 aromatic rings. The maximum atomic E-state index is 4.44. The van der Waals surface area contributed by atoms with Crippen molar-refractivity contribution < 1.29 is 0 Å². The van der Waals surface area contributed by atoms with E-state index in [1.54, 1.807) is 0 Å². The van der Waals surface area contributed by atoms with Crippen LogP contribution in [0.15, 0.2) is 12.4 Å². The number of fused-ring (bicyclic) bond motifs is 5. The molecule has 3 fully saturated rings. The van der Waals surface area contributed by atoms with Crippen molar-refractivity contribution >= 4 is 0 Å². The molecule has 0 radical (unpaired) electrons. The summed E-state index contributed by atoms with van der Waals surface area (Å²) in [5.74, 6) is 5.29. The van der Waals surface area contributed by atoms with Gasteiger partial charge in [-0.25, -0.2) is 4.98 Å². The second-order valence-electron chi connectivity index (χ2n) is 6.30. The Labute approximate surface area is 103 Å². The fourth-order valence-corrected chi connectivity index (χ4v) is 4.71. The molecular weight excluding hydrogens is 210 g/mol. The monoisotopic (exact) mass is 231 g/mol. The van der Waals surface area contributed by atoms with Crippen molar-refractivity contribution in [2.75, 3.05) is 0 Å². The van der Waals surface area contributed by atoms with Gasteiger partial charge < -0.3 is 9.88 Å². The number of aryl methyl sites for hydroxylation is 1. The first-order valence-corrected chi connectivity index (χ1v) is 6.99. The minimum atomic E-state index is 0.394. The van der Waals surface area contributed by atoms with Crippen LogP contribution in [0, 0.1) is 23.7 Å². The number of rotatable bonds is 3. The fraction of sp³-hybridized carbons (Fsp3) is 0.786. The molecular formula is C14H21N3. The molecule has 4 rings (SSSR count). The molecule has 92 valence electrons. The number of aromatic nitrogens is 2. The number of nitrogens with one attached hydrogen (secondary N) is 1. The van der Waals surface area contributed by atoms with E-state index in [1.807, 2.05) is 12.4 Å². The fourth-order valence-electron chi connectivity index (χ4n) is 4.71. The van der Waals surface area contributed by atoms with Gasteiger partial charge in [-0.05, 0) is 49.9 Å². The minimum Gasteiger partial charge on any atom is -0.337 e. The van der Waals surface area contributed by atoms with Crippen molar-refractivity contribution in [3.8, 4) is 0 Å². The van der Waals surface area contributed by atoms with Crippen LogP contribution in [0.2, 0.25) is 0 Å². The summed E-state index contributed by atoms with van der Waals surface area (Å²) in [7, 11) is 2.08. The van der Waals surface area contributed by atoms with E-state index < -0.39 is 0 Å². The molecule has 3 aliphatic rings. The van der Waals surface area contributed by atoms with Crippen molar-refractivity contribution in [2.45, 2.75) is 38.3 Å². The first kappa shape index (κ1) is 10.1. The van der Waals surface area contributed by atoms with Gasteiger partial charge in [0, 0.05) is 25.5 Å². The van der Waals surface area contributed by atoms with Gasteiger partial charge in [-0.2, -0.15) is 0 Å². The van der Waals surface area contributed by atoms with E-state index in [-0.39, 0.29) is 0 Å². The Morgan fingerprint density at radius 1 is 1.35 bits per heavy atom. The van der Waals surface area contributed by atoms with Gasteiger partial charge in [0.25, 0.3) is 0 Å². The quantitative estimate of drug-likeness (QED) is 0.863. The molecule has 1 N–H and O–H groups in total. The number of imidazole rings is 1. The van der Waals surface area contributed by atoms with Crippen molar-refractivity contribution in [1.82, 2.24) is 14.9 Å². The van der Waals surface area contributed by atoms with Crippen LogP contribution in [0.4, 0.5) is 0 Å². The Morgan fingerprint density at radius 3 is 2.65 bits per heavy atom. The van der Waals surface area contributed by atoms with Gasteiger partial charge in [0.15, 0.2) is 0 Å². The Morgan fingerprint density at radius 2 is 2.06 bits per heavy atom. The van der Waals surface area contributed by atoms with Gasteiger partial charge >= 0.3 is 0 Å². The van der Waals surface area contributed by atoms with E-state index in [4.69, 9.17) is 0 Å². The number of nitrogens with zero attached hydrogens (tertiary/aromatic N) is 2. The van der Waals surface area contributed by atoms with Crippen LogP contribution in [0.1, 0.15) is 38.1 Å². The summed E-state index contributed by atoms with van der Waals surface area (Å²) in [6.07, 6.45) is 8.46. The van der Waals surface area contributed by atoms with Gasteiger partial charge in [0.2, 0.25) is 0 Å². The topological polar surface area (TPSA) is 29.9 Å². The lowest BCUT2D eigenvalue weighted by Gasteiger charge is -2.16. The van der Waals surface area contributed by atoms with E-state index in [0.717, 1.165) is 29.7 Å². The van der Waals surface area contributed by atoms with Gasteiger partial charge in [-0.1, -0.05) is 0 Å². The molecule has 3 saturated carbocycles. The number of hydrogen-bond donors (Lipinski definition) is 1. The van der Waals surface area contributed by atoms with E-state index in [2.05, 4.69) is 28.8 Å². The van der Waals surface area contributed by atoms with E-state index in [0.29, 0.717) is 6.04 Å². The maximum Gasteiger partial charge on any atom is 0.125 e. The highest BCUT2D eigenvalue weighted by atomic mass is 15.1. The standard InChI is InChI=1S/C14H21N3/c1-8(14-15-5-6-17(14)2)16-13-11-9-3-4-10(7-9)12(11)13/h5-6,8-13,16H,3-4,7H2,1-2H3. The van der Waals surface area contributed by atoms with Gasteiger partial charge in [-0.15, -0.1) is 0 Å². The predicted octanol–water partition coefficient (Wildman–Crippen LogP) is 2.12. The molecule has 17 heavy (non-hydrogen) atoms. The Balaban J connectivity index is 1.45.